The lowest BCUT2D eigenvalue weighted by Crippen LogP contribution is -2.37. The molecule has 1 N–H and O–H groups in total. The van der Waals surface area contributed by atoms with E-state index in [0.29, 0.717) is 25.1 Å². The van der Waals surface area contributed by atoms with Gasteiger partial charge < -0.3 is 14.8 Å². The van der Waals surface area contributed by atoms with E-state index in [1.165, 1.54) is 22.9 Å². The average molecular weight is 325 g/mol. The van der Waals surface area contributed by atoms with E-state index >= 15 is 0 Å². The third kappa shape index (κ3) is 3.53. The van der Waals surface area contributed by atoms with Crippen LogP contribution in [0.5, 0.6) is 0 Å². The molecule has 6 heteroatoms. The average Bonchev–Trinajstić information content (AvgIpc) is 2.90. The van der Waals surface area contributed by atoms with Gasteiger partial charge in [-0.2, -0.15) is 0 Å². The lowest BCUT2D eigenvalue weighted by molar-refractivity contribution is -0.128. The van der Waals surface area contributed by atoms with Crippen LogP contribution in [0.25, 0.3) is 0 Å². The standard InChI is InChI=1S/C18H19N3O3/c1-20-11-14(7-8-16(20)22)18(24)19-15-9-17(23)21(12-15)10-13-5-3-2-4-6-13/h2-8,11,15H,9-10,12H2,1H3,(H,19,24). The fourth-order valence-corrected chi connectivity index (χ4v) is 2.82. The molecule has 124 valence electrons. The van der Waals surface area contributed by atoms with E-state index in [0.717, 1.165) is 5.56 Å². The molecule has 0 aliphatic carbocycles. The van der Waals surface area contributed by atoms with Crippen LogP contribution in [0.1, 0.15) is 22.3 Å². The van der Waals surface area contributed by atoms with Crippen molar-refractivity contribution in [3.05, 3.63) is 70.1 Å². The van der Waals surface area contributed by atoms with Gasteiger partial charge in [-0.3, -0.25) is 14.4 Å². The second-order valence-electron chi connectivity index (χ2n) is 6.00. The molecule has 1 aliphatic rings. The molecular weight excluding hydrogens is 306 g/mol. The van der Waals surface area contributed by atoms with Crippen LogP contribution in [0.3, 0.4) is 0 Å². The lowest BCUT2D eigenvalue weighted by atomic mass is 10.2. The highest BCUT2D eigenvalue weighted by Gasteiger charge is 2.30. The molecule has 1 unspecified atom stereocenters. The van der Waals surface area contributed by atoms with E-state index in [1.807, 2.05) is 30.3 Å². The van der Waals surface area contributed by atoms with Crippen molar-refractivity contribution in [3.63, 3.8) is 0 Å². The van der Waals surface area contributed by atoms with Crippen LogP contribution in [0, 0.1) is 0 Å². The van der Waals surface area contributed by atoms with Gasteiger partial charge in [-0.15, -0.1) is 0 Å². The van der Waals surface area contributed by atoms with Gasteiger partial charge in [0.05, 0.1) is 11.6 Å². The van der Waals surface area contributed by atoms with Crippen molar-refractivity contribution in [2.24, 2.45) is 7.05 Å². The molecule has 2 aromatic rings. The molecule has 1 aromatic carbocycles. The molecular formula is C18H19N3O3. The Kier molecular flexibility index (Phi) is 4.46. The minimum Gasteiger partial charge on any atom is -0.347 e. The maximum absolute atomic E-state index is 12.3. The third-order valence-corrected chi connectivity index (χ3v) is 4.11. The molecule has 2 amide bonds. The van der Waals surface area contributed by atoms with Crippen LogP contribution in [0.2, 0.25) is 0 Å². The Morgan fingerprint density at radius 2 is 1.92 bits per heavy atom. The number of carbonyl (C=O) groups is 2. The number of aromatic nitrogens is 1. The Morgan fingerprint density at radius 3 is 2.62 bits per heavy atom. The summed E-state index contributed by atoms with van der Waals surface area (Å²) in [6.45, 7) is 1.04. The number of hydrogen-bond donors (Lipinski definition) is 1. The van der Waals surface area contributed by atoms with Gasteiger partial charge in [-0.05, 0) is 11.6 Å². The highest BCUT2D eigenvalue weighted by Crippen LogP contribution is 2.15. The first kappa shape index (κ1) is 16.0. The highest BCUT2D eigenvalue weighted by atomic mass is 16.2. The SMILES string of the molecule is Cn1cc(C(=O)NC2CC(=O)N(Cc3ccccc3)C2)ccc1=O. The zero-order valence-corrected chi connectivity index (χ0v) is 13.4. The number of carbonyl (C=O) groups excluding carboxylic acids is 2. The van der Waals surface area contributed by atoms with Gasteiger partial charge in [0, 0.05) is 38.8 Å². The van der Waals surface area contributed by atoms with E-state index in [-0.39, 0.29) is 23.4 Å². The van der Waals surface area contributed by atoms with E-state index in [9.17, 15) is 14.4 Å². The minimum atomic E-state index is -0.273. The van der Waals surface area contributed by atoms with Crippen LogP contribution in [0.15, 0.2) is 53.5 Å². The molecule has 1 saturated heterocycles. The van der Waals surface area contributed by atoms with Gasteiger partial charge in [0.15, 0.2) is 0 Å². The van der Waals surface area contributed by atoms with Gasteiger partial charge in [0.25, 0.3) is 5.91 Å². The van der Waals surface area contributed by atoms with Crippen molar-refractivity contribution in [2.45, 2.75) is 19.0 Å². The Balaban J connectivity index is 1.62. The fourth-order valence-electron chi connectivity index (χ4n) is 2.82. The van der Waals surface area contributed by atoms with Gasteiger partial charge in [-0.1, -0.05) is 30.3 Å². The summed E-state index contributed by atoms with van der Waals surface area (Å²) in [7, 11) is 1.60. The van der Waals surface area contributed by atoms with Crippen LogP contribution >= 0.6 is 0 Å². The van der Waals surface area contributed by atoms with Gasteiger partial charge in [-0.25, -0.2) is 0 Å². The monoisotopic (exact) mass is 325 g/mol. The van der Waals surface area contributed by atoms with Crippen LogP contribution in [-0.4, -0.2) is 33.9 Å². The molecule has 3 rings (SSSR count). The Labute approximate surface area is 139 Å². The number of benzene rings is 1. The predicted molar refractivity (Wildman–Crippen MR) is 89.4 cm³/mol. The summed E-state index contributed by atoms with van der Waals surface area (Å²) in [4.78, 5) is 37.5. The van der Waals surface area contributed by atoms with E-state index in [1.54, 1.807) is 11.9 Å². The van der Waals surface area contributed by atoms with Crippen LogP contribution in [-0.2, 0) is 18.4 Å². The largest absolute Gasteiger partial charge is 0.347 e. The Hall–Kier alpha value is -2.89. The van der Waals surface area contributed by atoms with Crippen LogP contribution < -0.4 is 10.9 Å². The molecule has 6 nitrogen and oxygen atoms in total. The summed E-state index contributed by atoms with van der Waals surface area (Å²) >= 11 is 0. The summed E-state index contributed by atoms with van der Waals surface area (Å²) in [5.41, 5.74) is 1.30. The molecule has 2 heterocycles. The second kappa shape index (κ2) is 6.70. The smallest absolute Gasteiger partial charge is 0.253 e. The number of hydrogen-bond acceptors (Lipinski definition) is 3. The summed E-state index contributed by atoms with van der Waals surface area (Å²) in [5.74, 6) is -0.241. The van der Waals surface area contributed by atoms with Gasteiger partial charge in [0.1, 0.15) is 0 Å². The van der Waals surface area contributed by atoms with E-state index in [4.69, 9.17) is 0 Å². The molecule has 0 bridgehead atoms. The third-order valence-electron chi connectivity index (χ3n) is 4.11. The predicted octanol–water partition coefficient (Wildman–Crippen LogP) is 0.916. The van der Waals surface area contributed by atoms with Crippen molar-refractivity contribution in [2.75, 3.05) is 6.54 Å². The molecule has 0 radical (unpaired) electrons. The van der Waals surface area contributed by atoms with E-state index < -0.39 is 0 Å². The maximum atomic E-state index is 12.3. The van der Waals surface area contributed by atoms with Crippen LogP contribution in [0.4, 0.5) is 0 Å². The zero-order valence-electron chi connectivity index (χ0n) is 13.4. The summed E-state index contributed by atoms with van der Waals surface area (Å²) in [6, 6.07) is 12.4. The van der Waals surface area contributed by atoms with Crippen molar-refractivity contribution >= 4 is 11.8 Å². The number of nitrogens with zero attached hydrogens (tertiary/aromatic N) is 2. The number of nitrogens with one attached hydrogen (secondary N) is 1. The topological polar surface area (TPSA) is 71.4 Å². The fraction of sp³-hybridized carbons (Fsp3) is 0.278. The number of pyridine rings is 1. The quantitative estimate of drug-likeness (QED) is 0.908. The Morgan fingerprint density at radius 1 is 1.17 bits per heavy atom. The first-order valence-electron chi connectivity index (χ1n) is 7.82. The molecule has 24 heavy (non-hydrogen) atoms. The highest BCUT2D eigenvalue weighted by molar-refractivity contribution is 5.94. The minimum absolute atomic E-state index is 0.0321. The summed E-state index contributed by atoms with van der Waals surface area (Å²) in [5, 5.41) is 2.87. The summed E-state index contributed by atoms with van der Waals surface area (Å²) < 4.78 is 1.36. The number of amides is 2. The second-order valence-corrected chi connectivity index (χ2v) is 6.00. The molecule has 0 saturated carbocycles. The molecule has 1 atom stereocenters. The molecule has 1 fully saturated rings. The van der Waals surface area contributed by atoms with Crippen molar-refractivity contribution in [1.82, 2.24) is 14.8 Å². The zero-order chi connectivity index (χ0) is 17.1. The molecule has 1 aliphatic heterocycles. The number of likely N-dealkylation sites (tertiary alicyclic amines) is 1. The first-order chi connectivity index (χ1) is 11.5. The number of aryl methyl sites for hydroxylation is 1. The normalized spacial score (nSPS) is 17.1. The van der Waals surface area contributed by atoms with E-state index in [2.05, 4.69) is 5.32 Å². The Bertz CT molecular complexity index is 814. The first-order valence-corrected chi connectivity index (χ1v) is 7.82. The van der Waals surface area contributed by atoms with Crippen molar-refractivity contribution < 1.29 is 9.59 Å². The summed E-state index contributed by atoms with van der Waals surface area (Å²) in [6.07, 6.45) is 1.79. The molecule has 0 spiro atoms. The van der Waals surface area contributed by atoms with Gasteiger partial charge in [0.2, 0.25) is 11.5 Å². The van der Waals surface area contributed by atoms with Crippen molar-refractivity contribution in [1.29, 1.82) is 0 Å². The number of rotatable bonds is 4. The lowest BCUT2D eigenvalue weighted by Gasteiger charge is -2.17. The maximum Gasteiger partial charge on any atom is 0.253 e. The van der Waals surface area contributed by atoms with Crippen molar-refractivity contribution in [3.8, 4) is 0 Å². The van der Waals surface area contributed by atoms with Gasteiger partial charge >= 0.3 is 0 Å². The molecule has 1 aromatic heterocycles.